The summed E-state index contributed by atoms with van der Waals surface area (Å²) in [7, 11) is 1.96. The van der Waals surface area contributed by atoms with Crippen LogP contribution in [0.1, 0.15) is 150 Å². The average Bonchev–Trinajstić information content (AvgIpc) is 4.04. The number of thiazole rings is 1. The van der Waals surface area contributed by atoms with Crippen LogP contribution in [0.3, 0.4) is 0 Å². The Morgan fingerprint density at radius 1 is 0.934 bits per heavy atom. The number of nitrogens with one attached hydrogen (secondary N) is 5. The summed E-state index contributed by atoms with van der Waals surface area (Å²) in [6.07, 6.45) is 9.16. The van der Waals surface area contributed by atoms with E-state index in [4.69, 9.17) is 19.2 Å². The van der Waals surface area contributed by atoms with Gasteiger partial charge in [-0.05, 0) is 88.9 Å². The number of likely N-dealkylation sites (tertiary alicyclic amines) is 1. The smallest absolute Gasteiger partial charge is 0.426 e. The number of rotatable bonds is 30. The number of hydrazine groups is 1. The molecule has 1 aromatic carbocycles. The van der Waals surface area contributed by atoms with Gasteiger partial charge in [0.05, 0.1) is 31.2 Å². The largest absolute Gasteiger partial charge is 0.446 e. The van der Waals surface area contributed by atoms with Crippen molar-refractivity contribution in [3.8, 4) is 0 Å². The summed E-state index contributed by atoms with van der Waals surface area (Å²) in [6, 6.07) is 5.55. The van der Waals surface area contributed by atoms with Gasteiger partial charge in [-0.25, -0.2) is 15.2 Å². The fraction of sp³-hybridized carbons (Fsp3) is 0.618. The Hall–Kier alpha value is -6.03. The molecule has 1 fully saturated rings. The number of hydrogen-bond acceptors (Lipinski definition) is 14. The zero-order valence-electron chi connectivity index (χ0n) is 45.3. The van der Waals surface area contributed by atoms with Gasteiger partial charge >= 0.3 is 6.09 Å². The van der Waals surface area contributed by atoms with Gasteiger partial charge in [-0.2, -0.15) is 0 Å². The number of fused-ring (bicyclic) bond motifs is 1. The minimum absolute atomic E-state index is 0.0531. The first-order chi connectivity index (χ1) is 36.6. The minimum Gasteiger partial charge on any atom is -0.446 e. The summed E-state index contributed by atoms with van der Waals surface area (Å²) in [4.78, 5) is 114. The van der Waals surface area contributed by atoms with Crippen molar-refractivity contribution in [2.75, 3.05) is 59.7 Å². The molecule has 418 valence electrons. The number of unbranched alkanes of at least 4 members (excludes halogenated alkanes) is 2. The fourth-order valence-electron chi connectivity index (χ4n) is 9.72. The van der Waals surface area contributed by atoms with E-state index < -0.39 is 48.1 Å². The van der Waals surface area contributed by atoms with Crippen molar-refractivity contribution in [2.24, 2.45) is 5.92 Å². The van der Waals surface area contributed by atoms with Crippen molar-refractivity contribution in [3.05, 3.63) is 75.8 Å². The Balaban J connectivity index is 1.11. The topological polar surface area (TPSA) is 247 Å². The quantitative estimate of drug-likeness (QED) is 0.0285. The summed E-state index contributed by atoms with van der Waals surface area (Å²) >= 11 is 1.30. The first kappa shape index (κ1) is 60.8. The van der Waals surface area contributed by atoms with Crippen molar-refractivity contribution in [1.82, 2.24) is 46.5 Å². The van der Waals surface area contributed by atoms with Crippen LogP contribution in [0.2, 0.25) is 0 Å². The molecule has 76 heavy (non-hydrogen) atoms. The molecule has 21 heteroatoms. The molecule has 2 aliphatic heterocycles. The summed E-state index contributed by atoms with van der Waals surface area (Å²) < 4.78 is 17.0. The van der Waals surface area contributed by atoms with Gasteiger partial charge in [0, 0.05) is 62.7 Å². The van der Waals surface area contributed by atoms with Gasteiger partial charge in [-0.3, -0.25) is 48.8 Å². The molecular weight excluding hydrogens is 995 g/mol. The van der Waals surface area contributed by atoms with Crippen molar-refractivity contribution in [3.63, 3.8) is 0 Å². The van der Waals surface area contributed by atoms with Crippen LogP contribution < -0.4 is 26.8 Å². The lowest BCUT2D eigenvalue weighted by Crippen LogP contribution is -2.58. The third-order valence-electron chi connectivity index (χ3n) is 14.1. The van der Waals surface area contributed by atoms with E-state index in [0.717, 1.165) is 48.9 Å². The highest BCUT2D eigenvalue weighted by atomic mass is 32.1. The first-order valence-corrected chi connectivity index (χ1v) is 28.0. The lowest BCUT2D eigenvalue weighted by atomic mass is 9.79. The fourth-order valence-corrected chi connectivity index (χ4v) is 10.6. The molecule has 0 bridgehead atoms. The van der Waals surface area contributed by atoms with Gasteiger partial charge < -0.3 is 35.1 Å². The standard InChI is InChI=1S/C55H81N9O11S/c1-8-25-63(54(71)49(37(6)10-3)59-52(70)43-20-15-17-26-62(43)7)44(36(4)5)34-45(74-28-9-2)53-58-42(35-76-53)51(69)57-39-32-38-18-13-14-19-40(38)41(33-39)50(68)60-61-55(72)75-31-30-73-29-24-56-46(65)21-12-11-16-27-64-47(66)22-23-48(64)67/h13-14,18-19,22-23,35,37,39,41,43-45,49H,4,8-12,15-17,20-21,24-34H2,1-3,5-7H3,(H,56,65)(H,57,69)(H,59,70)(H,60,68)(H,61,72). The maximum Gasteiger partial charge on any atom is 0.426 e. The van der Waals surface area contributed by atoms with Gasteiger partial charge in [-0.15, -0.1) is 11.3 Å². The number of piperidine rings is 1. The lowest BCUT2D eigenvalue weighted by Gasteiger charge is -2.39. The Morgan fingerprint density at radius 3 is 2.41 bits per heavy atom. The maximum absolute atomic E-state index is 14.7. The molecule has 20 nitrogen and oxygen atoms in total. The van der Waals surface area contributed by atoms with Crippen LogP contribution in [0.15, 0.2) is 53.9 Å². The second-order valence-corrected chi connectivity index (χ2v) is 20.9. The van der Waals surface area contributed by atoms with E-state index in [1.54, 1.807) is 5.38 Å². The summed E-state index contributed by atoms with van der Waals surface area (Å²) in [5.41, 5.74) is 7.36. The normalized spacial score (nSPS) is 18.9. The number of carbonyl (C=O) groups excluding carboxylic acids is 8. The van der Waals surface area contributed by atoms with Crippen LogP contribution in [0.4, 0.5) is 4.79 Å². The minimum atomic E-state index is -0.893. The van der Waals surface area contributed by atoms with E-state index >= 15 is 0 Å². The predicted molar refractivity (Wildman–Crippen MR) is 288 cm³/mol. The van der Waals surface area contributed by atoms with Gasteiger partial charge in [0.15, 0.2) is 0 Å². The number of carbonyl (C=O) groups is 8. The number of hydrogen-bond donors (Lipinski definition) is 5. The number of nitrogens with zero attached hydrogens (tertiary/aromatic N) is 4. The number of aromatic nitrogens is 1. The van der Waals surface area contributed by atoms with Crippen LogP contribution in [-0.2, 0) is 49.4 Å². The highest BCUT2D eigenvalue weighted by molar-refractivity contribution is 7.09. The Morgan fingerprint density at radius 2 is 1.70 bits per heavy atom. The Bertz CT molecular complexity index is 2330. The number of likely N-dealkylation sites (N-methyl/N-ethyl adjacent to an activating group) is 1. The van der Waals surface area contributed by atoms with Crippen LogP contribution in [0, 0.1) is 5.92 Å². The monoisotopic (exact) mass is 1080 g/mol. The van der Waals surface area contributed by atoms with E-state index in [9.17, 15) is 38.4 Å². The van der Waals surface area contributed by atoms with Crippen molar-refractivity contribution >= 4 is 58.8 Å². The second kappa shape index (κ2) is 31.3. The molecule has 1 aliphatic carbocycles. The van der Waals surface area contributed by atoms with E-state index in [1.165, 1.54) is 28.4 Å². The van der Waals surface area contributed by atoms with Crippen LogP contribution in [0.5, 0.6) is 0 Å². The molecule has 3 heterocycles. The Kier molecular flexibility index (Phi) is 25.0. The summed E-state index contributed by atoms with van der Waals surface area (Å²) in [6.45, 7) is 16.7. The first-order valence-electron chi connectivity index (χ1n) is 27.1. The molecule has 0 spiro atoms. The van der Waals surface area contributed by atoms with Crippen molar-refractivity contribution < 1.29 is 52.6 Å². The number of imide groups is 1. The zero-order valence-corrected chi connectivity index (χ0v) is 46.1. The highest BCUT2D eigenvalue weighted by Gasteiger charge is 2.38. The molecule has 7 unspecified atom stereocenters. The highest BCUT2D eigenvalue weighted by Crippen LogP contribution is 2.34. The number of ether oxygens (including phenoxy) is 3. The molecule has 3 aliphatic rings. The Labute approximate surface area is 451 Å². The maximum atomic E-state index is 14.7. The van der Waals surface area contributed by atoms with Crippen LogP contribution in [0.25, 0.3) is 0 Å². The van der Waals surface area contributed by atoms with Gasteiger partial charge in [-0.1, -0.05) is 83.4 Å². The number of benzene rings is 1. The molecule has 7 atom stereocenters. The molecule has 8 amide bonds. The molecule has 5 rings (SSSR count). The van der Waals surface area contributed by atoms with Crippen LogP contribution >= 0.6 is 11.3 Å². The van der Waals surface area contributed by atoms with Gasteiger partial charge in [0.2, 0.25) is 23.6 Å². The van der Waals surface area contributed by atoms with Crippen molar-refractivity contribution in [2.45, 2.75) is 154 Å². The third-order valence-corrected chi connectivity index (χ3v) is 15.0. The lowest BCUT2D eigenvalue weighted by molar-refractivity contribution is -0.141. The molecule has 2 aromatic rings. The number of amides is 8. The molecule has 5 N–H and O–H groups in total. The average molecular weight is 1080 g/mol. The molecule has 0 saturated carbocycles. The van der Waals surface area contributed by atoms with E-state index in [0.29, 0.717) is 76.1 Å². The van der Waals surface area contributed by atoms with E-state index in [1.807, 2.05) is 70.8 Å². The summed E-state index contributed by atoms with van der Waals surface area (Å²) in [5.74, 6) is -2.81. The van der Waals surface area contributed by atoms with Gasteiger partial charge in [0.1, 0.15) is 29.5 Å². The third kappa shape index (κ3) is 18.0. The molecule has 1 aromatic heterocycles. The molecule has 0 radical (unpaired) electrons. The van der Waals surface area contributed by atoms with Crippen molar-refractivity contribution in [1.29, 1.82) is 0 Å². The molecule has 1 saturated heterocycles. The SMILES string of the molecule is C=C(C)C(CC(OCCC)c1nc(C(=O)NC2Cc3ccccc3C(C(=O)NNC(=O)OCCOCCNC(=O)CCCCCN3C(=O)C=CC3=O)C2)cs1)N(CCC)C(=O)C(NC(=O)C1CCCCN1C)C(C)CC. The van der Waals surface area contributed by atoms with Gasteiger partial charge in [0.25, 0.3) is 17.7 Å². The van der Waals surface area contributed by atoms with Crippen LogP contribution in [-0.4, -0.2) is 151 Å². The zero-order chi connectivity index (χ0) is 55.1. The molecular formula is C55H81N9O11S. The second-order valence-electron chi connectivity index (χ2n) is 20.0. The summed E-state index contributed by atoms with van der Waals surface area (Å²) in [5, 5.41) is 11.3. The predicted octanol–water partition coefficient (Wildman–Crippen LogP) is 5.40. The van der Waals surface area contributed by atoms with E-state index in [2.05, 4.69) is 38.3 Å². The van der Waals surface area contributed by atoms with E-state index in [-0.39, 0.29) is 80.0 Å².